The number of ketones is 1. The largest absolute Gasteiger partial charge is 0.465 e. The first-order valence-electron chi connectivity index (χ1n) is 5.14. The molecule has 1 aliphatic rings. The molecule has 0 unspecified atom stereocenters. The normalized spacial score (nSPS) is 22.4. The second-order valence-electron chi connectivity index (χ2n) is 4.97. The third kappa shape index (κ3) is 2.53. The van der Waals surface area contributed by atoms with Crippen molar-refractivity contribution in [2.45, 2.75) is 13.8 Å². The quantitative estimate of drug-likeness (QED) is 0.678. The van der Waals surface area contributed by atoms with Crippen LogP contribution in [0.2, 0.25) is 0 Å². The van der Waals surface area contributed by atoms with Crippen molar-refractivity contribution >= 4 is 11.9 Å². The van der Waals surface area contributed by atoms with Gasteiger partial charge in [0.1, 0.15) is 0 Å². The van der Waals surface area contributed by atoms with Gasteiger partial charge in [-0.15, -0.1) is 0 Å². The SMILES string of the molecule is CN(C)C=C1CN(C(=O)O)CC(C)(C)C1=O. The summed E-state index contributed by atoms with van der Waals surface area (Å²) >= 11 is 0. The standard InChI is InChI=1S/C11H18N2O3/c1-11(2)7-13(10(15)16)6-8(9(11)14)5-12(3)4/h5H,6-7H2,1-4H3,(H,15,16). The van der Waals surface area contributed by atoms with Crippen molar-refractivity contribution in [3.63, 3.8) is 0 Å². The maximum Gasteiger partial charge on any atom is 0.407 e. The first-order chi connectivity index (χ1) is 7.24. The van der Waals surface area contributed by atoms with Crippen molar-refractivity contribution < 1.29 is 14.7 Å². The molecule has 0 aromatic heterocycles. The molecule has 16 heavy (non-hydrogen) atoms. The fourth-order valence-corrected chi connectivity index (χ4v) is 1.86. The molecule has 1 aliphatic heterocycles. The Bertz CT molecular complexity index is 345. The van der Waals surface area contributed by atoms with Crippen LogP contribution < -0.4 is 0 Å². The summed E-state index contributed by atoms with van der Waals surface area (Å²) in [4.78, 5) is 26.0. The van der Waals surface area contributed by atoms with Gasteiger partial charge in [0.05, 0.1) is 6.54 Å². The summed E-state index contributed by atoms with van der Waals surface area (Å²) in [7, 11) is 3.62. The van der Waals surface area contributed by atoms with Gasteiger partial charge in [-0.25, -0.2) is 4.79 Å². The summed E-state index contributed by atoms with van der Waals surface area (Å²) in [5, 5.41) is 8.98. The maximum atomic E-state index is 12.0. The monoisotopic (exact) mass is 226 g/mol. The van der Waals surface area contributed by atoms with Crippen molar-refractivity contribution in [3.05, 3.63) is 11.8 Å². The highest BCUT2D eigenvalue weighted by Crippen LogP contribution is 2.28. The van der Waals surface area contributed by atoms with Crippen LogP contribution in [0, 0.1) is 5.41 Å². The van der Waals surface area contributed by atoms with E-state index < -0.39 is 11.5 Å². The topological polar surface area (TPSA) is 60.9 Å². The van der Waals surface area contributed by atoms with E-state index in [-0.39, 0.29) is 18.9 Å². The Hall–Kier alpha value is -1.52. The van der Waals surface area contributed by atoms with Crippen molar-refractivity contribution in [2.75, 3.05) is 27.2 Å². The van der Waals surface area contributed by atoms with Gasteiger partial charge in [0, 0.05) is 37.8 Å². The number of amides is 1. The number of carboxylic acid groups (broad SMARTS) is 1. The summed E-state index contributed by atoms with van der Waals surface area (Å²) in [5.74, 6) is 0.0266. The van der Waals surface area contributed by atoms with Crippen molar-refractivity contribution in [2.24, 2.45) is 5.41 Å². The molecule has 0 bridgehead atoms. The van der Waals surface area contributed by atoms with E-state index in [9.17, 15) is 9.59 Å². The van der Waals surface area contributed by atoms with Crippen LogP contribution in [0.3, 0.4) is 0 Å². The zero-order valence-electron chi connectivity index (χ0n) is 10.1. The van der Waals surface area contributed by atoms with Crippen molar-refractivity contribution in [1.29, 1.82) is 0 Å². The van der Waals surface area contributed by atoms with E-state index in [1.54, 1.807) is 24.9 Å². The van der Waals surface area contributed by atoms with E-state index in [1.165, 1.54) is 4.90 Å². The lowest BCUT2D eigenvalue weighted by Crippen LogP contribution is -2.49. The number of rotatable bonds is 1. The van der Waals surface area contributed by atoms with Crippen LogP contribution in [0.4, 0.5) is 4.79 Å². The Morgan fingerprint density at radius 2 is 2.06 bits per heavy atom. The molecule has 1 saturated heterocycles. The van der Waals surface area contributed by atoms with Crippen LogP contribution in [0.5, 0.6) is 0 Å². The second kappa shape index (κ2) is 4.15. The molecule has 0 aliphatic carbocycles. The average molecular weight is 226 g/mol. The Morgan fingerprint density at radius 1 is 1.50 bits per heavy atom. The summed E-state index contributed by atoms with van der Waals surface area (Å²) in [6, 6.07) is 0. The Morgan fingerprint density at radius 3 is 2.50 bits per heavy atom. The molecule has 5 nitrogen and oxygen atoms in total. The number of hydrogen-bond acceptors (Lipinski definition) is 3. The molecule has 1 fully saturated rings. The van der Waals surface area contributed by atoms with Crippen LogP contribution in [-0.2, 0) is 4.79 Å². The molecule has 90 valence electrons. The highest BCUT2D eigenvalue weighted by atomic mass is 16.4. The Labute approximate surface area is 95.3 Å². The summed E-state index contributed by atoms with van der Waals surface area (Å²) in [6.45, 7) is 3.98. The molecule has 0 spiro atoms. The summed E-state index contributed by atoms with van der Waals surface area (Å²) in [6.07, 6.45) is 0.712. The van der Waals surface area contributed by atoms with E-state index in [4.69, 9.17) is 5.11 Å². The van der Waals surface area contributed by atoms with Crippen LogP contribution in [0.25, 0.3) is 0 Å². The minimum atomic E-state index is -0.981. The van der Waals surface area contributed by atoms with Crippen molar-refractivity contribution in [3.8, 4) is 0 Å². The first-order valence-corrected chi connectivity index (χ1v) is 5.14. The fraction of sp³-hybridized carbons (Fsp3) is 0.636. The van der Waals surface area contributed by atoms with Crippen LogP contribution >= 0.6 is 0 Å². The number of hydrogen-bond donors (Lipinski definition) is 1. The highest BCUT2D eigenvalue weighted by molar-refractivity contribution is 6.01. The van der Waals surface area contributed by atoms with Gasteiger partial charge in [-0.1, -0.05) is 13.8 Å². The number of Topliss-reactive ketones (excluding diaryl/α,β-unsaturated/α-hetero) is 1. The summed E-state index contributed by atoms with van der Waals surface area (Å²) < 4.78 is 0. The molecule has 1 N–H and O–H groups in total. The third-order valence-electron chi connectivity index (χ3n) is 2.54. The highest BCUT2D eigenvalue weighted by Gasteiger charge is 2.39. The first kappa shape index (κ1) is 12.5. The lowest BCUT2D eigenvalue weighted by atomic mass is 9.80. The molecule has 0 aromatic carbocycles. The molecule has 0 atom stereocenters. The average Bonchev–Trinajstić information content (AvgIpc) is 2.11. The van der Waals surface area contributed by atoms with E-state index in [0.29, 0.717) is 5.57 Å². The predicted octanol–water partition coefficient (Wildman–Crippen LogP) is 1.02. The number of nitrogens with zero attached hydrogens (tertiary/aromatic N) is 2. The Balaban J connectivity index is 3.01. The second-order valence-corrected chi connectivity index (χ2v) is 4.97. The van der Waals surface area contributed by atoms with Gasteiger partial charge in [0.2, 0.25) is 0 Å². The number of likely N-dealkylation sites (tertiary alicyclic amines) is 1. The molecule has 1 amide bonds. The molecular weight excluding hydrogens is 208 g/mol. The maximum absolute atomic E-state index is 12.0. The zero-order valence-corrected chi connectivity index (χ0v) is 10.1. The fourth-order valence-electron chi connectivity index (χ4n) is 1.86. The van der Waals surface area contributed by atoms with E-state index >= 15 is 0 Å². The lowest BCUT2D eigenvalue weighted by Gasteiger charge is -2.36. The molecule has 0 aromatic rings. The van der Waals surface area contributed by atoms with Gasteiger partial charge in [-0.2, -0.15) is 0 Å². The molecule has 1 heterocycles. The van der Waals surface area contributed by atoms with Gasteiger partial charge < -0.3 is 14.9 Å². The third-order valence-corrected chi connectivity index (χ3v) is 2.54. The van der Waals surface area contributed by atoms with Gasteiger partial charge in [-0.05, 0) is 0 Å². The van der Waals surface area contributed by atoms with Crippen LogP contribution in [-0.4, -0.2) is 54.0 Å². The molecular formula is C11H18N2O3. The molecule has 1 rings (SSSR count). The minimum Gasteiger partial charge on any atom is -0.465 e. The van der Waals surface area contributed by atoms with Crippen LogP contribution in [0.15, 0.2) is 11.8 Å². The zero-order chi connectivity index (χ0) is 12.5. The molecule has 5 heteroatoms. The van der Waals surface area contributed by atoms with Crippen LogP contribution in [0.1, 0.15) is 13.8 Å². The van der Waals surface area contributed by atoms with E-state index in [1.807, 2.05) is 14.1 Å². The summed E-state index contributed by atoms with van der Waals surface area (Å²) in [5.41, 5.74) is -0.0953. The predicted molar refractivity (Wildman–Crippen MR) is 60.2 cm³/mol. The van der Waals surface area contributed by atoms with E-state index in [0.717, 1.165) is 0 Å². The lowest BCUT2D eigenvalue weighted by molar-refractivity contribution is -0.126. The number of carbonyl (C=O) groups is 2. The Kier molecular flexibility index (Phi) is 3.26. The van der Waals surface area contributed by atoms with Crippen molar-refractivity contribution in [1.82, 2.24) is 9.80 Å². The van der Waals surface area contributed by atoms with Gasteiger partial charge in [-0.3, -0.25) is 4.79 Å². The van der Waals surface area contributed by atoms with Gasteiger partial charge in [0.25, 0.3) is 0 Å². The van der Waals surface area contributed by atoms with Gasteiger partial charge in [0.15, 0.2) is 5.78 Å². The number of carbonyl (C=O) groups excluding carboxylic acids is 1. The number of piperidine rings is 1. The van der Waals surface area contributed by atoms with Gasteiger partial charge >= 0.3 is 6.09 Å². The smallest absolute Gasteiger partial charge is 0.407 e. The molecule has 0 saturated carbocycles. The minimum absolute atomic E-state index is 0.0266. The van der Waals surface area contributed by atoms with E-state index in [2.05, 4.69) is 0 Å². The molecule has 0 radical (unpaired) electrons.